The van der Waals surface area contributed by atoms with Gasteiger partial charge in [-0.1, -0.05) is 30.3 Å². The second-order valence-electron chi connectivity index (χ2n) is 10.7. The van der Waals surface area contributed by atoms with E-state index in [1.165, 1.54) is 0 Å². The molecule has 11 heteroatoms. The Morgan fingerprint density at radius 3 is 2.44 bits per heavy atom. The Hall–Kier alpha value is -3.76. The van der Waals surface area contributed by atoms with Gasteiger partial charge in [0.05, 0.1) is 11.6 Å². The van der Waals surface area contributed by atoms with Crippen molar-refractivity contribution in [3.05, 3.63) is 64.7 Å². The lowest BCUT2D eigenvalue weighted by molar-refractivity contribution is -0.186. The predicted molar refractivity (Wildman–Crippen MR) is 137 cm³/mol. The summed E-state index contributed by atoms with van der Waals surface area (Å²) in [7, 11) is 0. The van der Waals surface area contributed by atoms with Crippen molar-refractivity contribution in [2.24, 2.45) is 0 Å². The van der Waals surface area contributed by atoms with E-state index in [0.29, 0.717) is 41.2 Å². The lowest BCUT2D eigenvalue weighted by Crippen LogP contribution is -2.44. The fourth-order valence-corrected chi connectivity index (χ4v) is 4.76. The number of hydrogen-bond donors (Lipinski definition) is 1. The number of anilines is 1. The van der Waals surface area contributed by atoms with Gasteiger partial charge in [-0.25, -0.2) is 9.59 Å². The number of fused-ring (bicyclic) bond motifs is 1. The minimum absolute atomic E-state index is 0.00450. The third-order valence-corrected chi connectivity index (χ3v) is 6.56. The summed E-state index contributed by atoms with van der Waals surface area (Å²) < 4.78 is 50.3. The first-order valence-electron chi connectivity index (χ1n) is 12.8. The number of ether oxygens (including phenoxy) is 2. The molecule has 1 saturated heterocycles. The zero-order chi connectivity index (χ0) is 28.4. The number of halogens is 3. The molecule has 2 aromatic carbocycles. The summed E-state index contributed by atoms with van der Waals surface area (Å²) >= 11 is 0. The molecule has 39 heavy (non-hydrogen) atoms. The summed E-state index contributed by atoms with van der Waals surface area (Å²) in [5.41, 5.74) is 2.00. The van der Waals surface area contributed by atoms with Gasteiger partial charge >= 0.3 is 24.1 Å². The van der Waals surface area contributed by atoms with Crippen LogP contribution in [0.1, 0.15) is 54.2 Å². The van der Waals surface area contributed by atoms with Crippen molar-refractivity contribution in [3.8, 4) is 0 Å². The number of hydrogen-bond acceptors (Lipinski definition) is 6. The highest BCUT2D eigenvalue weighted by Gasteiger charge is 2.43. The zero-order valence-electron chi connectivity index (χ0n) is 22.1. The molecule has 1 fully saturated rings. The quantitative estimate of drug-likeness (QED) is 0.551. The first kappa shape index (κ1) is 28.3. The molecule has 2 aromatic rings. The molecular weight excluding hydrogens is 515 g/mol. The summed E-state index contributed by atoms with van der Waals surface area (Å²) in [4.78, 5) is 40.1. The highest BCUT2D eigenvalue weighted by atomic mass is 19.4. The molecule has 4 rings (SSSR count). The fourth-order valence-electron chi connectivity index (χ4n) is 4.76. The normalized spacial score (nSPS) is 17.4. The minimum atomic E-state index is -5.00. The van der Waals surface area contributed by atoms with Gasteiger partial charge in [-0.15, -0.1) is 0 Å². The number of rotatable bonds is 5. The summed E-state index contributed by atoms with van der Waals surface area (Å²) in [5, 5.41) is 2.86. The Morgan fingerprint density at radius 1 is 1.05 bits per heavy atom. The first-order valence-corrected chi connectivity index (χ1v) is 12.8. The predicted octanol–water partition coefficient (Wildman–Crippen LogP) is 4.59. The Labute approximate surface area is 225 Å². The SMILES string of the molecule is CC(C)(C)OC(=O)N[C@H]1CCN(c2cc3c(c(C(=O)OCc4ccccc4)c2)CN(C(=O)C(F)(F)F)CC3)C1. The summed E-state index contributed by atoms with van der Waals surface area (Å²) in [6, 6.07) is 12.3. The van der Waals surface area contributed by atoms with Gasteiger partial charge in [0.1, 0.15) is 12.2 Å². The highest BCUT2D eigenvalue weighted by molar-refractivity contribution is 5.93. The number of nitrogens with zero attached hydrogens (tertiary/aromatic N) is 2. The van der Waals surface area contributed by atoms with Crippen molar-refractivity contribution in [2.45, 2.75) is 64.6 Å². The van der Waals surface area contributed by atoms with Crippen LogP contribution < -0.4 is 10.2 Å². The molecule has 0 radical (unpaired) electrons. The van der Waals surface area contributed by atoms with Crippen molar-refractivity contribution >= 4 is 23.7 Å². The molecule has 0 aromatic heterocycles. The average molecular weight is 548 g/mol. The van der Waals surface area contributed by atoms with E-state index < -0.39 is 29.7 Å². The summed E-state index contributed by atoms with van der Waals surface area (Å²) in [5.74, 6) is -2.61. The van der Waals surface area contributed by atoms with Gasteiger partial charge in [-0.2, -0.15) is 13.2 Å². The van der Waals surface area contributed by atoms with Crippen LogP contribution in [-0.2, 0) is 33.8 Å². The Morgan fingerprint density at radius 2 is 1.77 bits per heavy atom. The molecule has 2 aliphatic rings. The Balaban J connectivity index is 1.56. The maximum Gasteiger partial charge on any atom is 0.471 e. The fraction of sp³-hybridized carbons (Fsp3) is 0.464. The van der Waals surface area contributed by atoms with Gasteiger partial charge in [0.15, 0.2) is 0 Å². The van der Waals surface area contributed by atoms with Gasteiger partial charge in [-0.05, 0) is 62.4 Å². The summed E-state index contributed by atoms with van der Waals surface area (Å²) in [6.07, 6.45) is -4.70. The molecule has 0 spiro atoms. The third kappa shape index (κ3) is 7.21. The van der Waals surface area contributed by atoms with Crippen LogP contribution in [0, 0.1) is 0 Å². The molecule has 2 amide bonds. The molecular formula is C28H32F3N3O5. The Bertz CT molecular complexity index is 1230. The largest absolute Gasteiger partial charge is 0.471 e. The summed E-state index contributed by atoms with van der Waals surface area (Å²) in [6.45, 7) is 5.94. The highest BCUT2D eigenvalue weighted by Crippen LogP contribution is 2.33. The van der Waals surface area contributed by atoms with Gasteiger partial charge in [-0.3, -0.25) is 4.79 Å². The van der Waals surface area contributed by atoms with Crippen molar-refractivity contribution in [1.29, 1.82) is 0 Å². The number of nitrogens with one attached hydrogen (secondary N) is 1. The van der Waals surface area contributed by atoms with Crippen LogP contribution in [0.25, 0.3) is 0 Å². The van der Waals surface area contributed by atoms with Crippen molar-refractivity contribution in [2.75, 3.05) is 24.5 Å². The van der Waals surface area contributed by atoms with Crippen molar-refractivity contribution < 1.29 is 37.0 Å². The number of carbonyl (C=O) groups excluding carboxylic acids is 3. The number of amides is 2. The smallest absolute Gasteiger partial charge is 0.457 e. The zero-order valence-corrected chi connectivity index (χ0v) is 22.1. The number of esters is 1. The van der Waals surface area contributed by atoms with Crippen LogP contribution >= 0.6 is 0 Å². The van der Waals surface area contributed by atoms with Crippen LogP contribution in [0.3, 0.4) is 0 Å². The minimum Gasteiger partial charge on any atom is -0.457 e. The molecule has 8 nitrogen and oxygen atoms in total. The van der Waals surface area contributed by atoms with Crippen molar-refractivity contribution in [3.63, 3.8) is 0 Å². The lowest BCUT2D eigenvalue weighted by Gasteiger charge is -2.32. The standard InChI is InChI=1S/C28H32F3N3O5/c1-27(2,3)39-26(37)32-20-10-12-33(15-20)21-13-19-9-11-34(25(36)28(29,30)31)16-23(19)22(14-21)24(35)38-17-18-7-5-4-6-8-18/h4-8,13-14,20H,9-12,15-17H2,1-3H3,(H,32,37)/t20-/m0/s1. The second kappa shape index (κ2) is 11.2. The molecule has 210 valence electrons. The van der Waals surface area contributed by atoms with Gasteiger partial charge in [0.2, 0.25) is 0 Å². The second-order valence-corrected chi connectivity index (χ2v) is 10.7. The van der Waals surface area contributed by atoms with E-state index in [0.717, 1.165) is 5.56 Å². The third-order valence-electron chi connectivity index (χ3n) is 6.56. The van der Waals surface area contributed by atoms with Gasteiger partial charge in [0, 0.05) is 31.9 Å². The molecule has 2 heterocycles. The van der Waals surface area contributed by atoms with Crippen LogP contribution in [0.15, 0.2) is 42.5 Å². The molecule has 0 saturated carbocycles. The number of alkyl carbamates (subject to hydrolysis) is 1. The van der Waals surface area contributed by atoms with Gasteiger partial charge < -0.3 is 24.6 Å². The van der Waals surface area contributed by atoms with Gasteiger partial charge in [0.25, 0.3) is 0 Å². The molecule has 0 aliphatic carbocycles. The first-order chi connectivity index (χ1) is 18.3. The topological polar surface area (TPSA) is 88.2 Å². The monoisotopic (exact) mass is 547 g/mol. The van der Waals surface area contributed by atoms with E-state index in [1.807, 2.05) is 17.0 Å². The van der Waals surface area contributed by atoms with Crippen molar-refractivity contribution in [1.82, 2.24) is 10.2 Å². The van der Waals surface area contributed by atoms with E-state index in [1.54, 1.807) is 51.1 Å². The number of alkyl halides is 3. The van der Waals surface area contributed by atoms with Crippen LogP contribution in [0.2, 0.25) is 0 Å². The van der Waals surface area contributed by atoms with Crippen LogP contribution in [-0.4, -0.2) is 60.3 Å². The van der Waals surface area contributed by atoms with E-state index in [9.17, 15) is 27.6 Å². The number of carbonyl (C=O) groups is 3. The molecule has 2 aliphatic heterocycles. The van der Waals surface area contributed by atoms with E-state index in [2.05, 4.69) is 5.32 Å². The molecule has 1 atom stereocenters. The van der Waals surface area contributed by atoms with E-state index >= 15 is 0 Å². The van der Waals surface area contributed by atoms with E-state index in [-0.39, 0.29) is 37.7 Å². The van der Waals surface area contributed by atoms with E-state index in [4.69, 9.17) is 9.47 Å². The molecule has 0 bridgehead atoms. The average Bonchev–Trinajstić information content (AvgIpc) is 3.33. The molecule has 1 N–H and O–H groups in total. The van der Waals surface area contributed by atoms with Crippen LogP contribution in [0.4, 0.5) is 23.7 Å². The maximum atomic E-state index is 13.2. The lowest BCUT2D eigenvalue weighted by atomic mass is 9.93. The number of benzene rings is 2. The maximum absolute atomic E-state index is 13.2. The Kier molecular flexibility index (Phi) is 8.08. The molecule has 0 unspecified atom stereocenters. The van der Waals surface area contributed by atoms with Crippen LogP contribution in [0.5, 0.6) is 0 Å².